The van der Waals surface area contributed by atoms with Crippen LogP contribution in [0.3, 0.4) is 0 Å². The van der Waals surface area contributed by atoms with Crippen molar-refractivity contribution in [2.45, 2.75) is 43.9 Å². The molecule has 0 aliphatic heterocycles. The Balaban J connectivity index is 1.46. The summed E-state index contributed by atoms with van der Waals surface area (Å²) in [6, 6.07) is 8.48. The molecule has 2 amide bonds. The number of benzene rings is 1. The van der Waals surface area contributed by atoms with Gasteiger partial charge in [0.15, 0.2) is 5.75 Å². The monoisotopic (exact) mass is 506 g/mol. The number of thiophene rings is 2. The van der Waals surface area contributed by atoms with Crippen LogP contribution in [-0.4, -0.2) is 36.8 Å². The van der Waals surface area contributed by atoms with Crippen molar-refractivity contribution >= 4 is 56.4 Å². The first-order valence-corrected chi connectivity index (χ1v) is 13.3. The van der Waals surface area contributed by atoms with Crippen LogP contribution in [0.15, 0.2) is 35.0 Å². The number of ether oxygens (including phenoxy) is 1. The van der Waals surface area contributed by atoms with Crippen molar-refractivity contribution in [1.29, 1.82) is 0 Å². The summed E-state index contributed by atoms with van der Waals surface area (Å²) < 4.78 is 7.44. The Kier molecular flexibility index (Phi) is 7.78. The zero-order valence-corrected chi connectivity index (χ0v) is 20.6. The van der Waals surface area contributed by atoms with Crippen LogP contribution in [0.1, 0.15) is 54.4 Å². The molecule has 2 heterocycles. The van der Waals surface area contributed by atoms with Crippen molar-refractivity contribution < 1.29 is 19.4 Å². The largest absolute Gasteiger partial charge is 0.490 e. The van der Waals surface area contributed by atoms with E-state index >= 15 is 0 Å². The Bertz CT molecular complexity index is 1120. The Morgan fingerprint density at radius 1 is 1.09 bits per heavy atom. The quantitative estimate of drug-likeness (QED) is 0.298. The van der Waals surface area contributed by atoms with Gasteiger partial charge in [0.25, 0.3) is 5.91 Å². The number of carbonyl (C=O) groups is 2. The number of halogens is 1. The number of amides is 2. The second kappa shape index (κ2) is 10.8. The summed E-state index contributed by atoms with van der Waals surface area (Å²) in [6.45, 7) is 1.11. The molecular formula is C24H27ClN2O4S2. The summed E-state index contributed by atoms with van der Waals surface area (Å²) in [5.74, 6) is 0.175. The Morgan fingerprint density at radius 3 is 2.67 bits per heavy atom. The molecule has 1 fully saturated rings. The molecule has 176 valence electrons. The van der Waals surface area contributed by atoms with Crippen LogP contribution < -0.4 is 15.4 Å². The maximum atomic E-state index is 13.1. The van der Waals surface area contributed by atoms with E-state index in [0.29, 0.717) is 28.6 Å². The number of carboxylic acid groups (broad SMARTS) is 1. The van der Waals surface area contributed by atoms with Gasteiger partial charge in [-0.1, -0.05) is 49.1 Å². The van der Waals surface area contributed by atoms with Crippen molar-refractivity contribution in [3.05, 3.63) is 50.5 Å². The van der Waals surface area contributed by atoms with Crippen LogP contribution in [0.4, 0.5) is 4.79 Å². The fraction of sp³-hybridized carbons (Fsp3) is 0.417. The van der Waals surface area contributed by atoms with E-state index in [1.54, 1.807) is 16.7 Å². The summed E-state index contributed by atoms with van der Waals surface area (Å²) in [6.07, 6.45) is 5.06. The van der Waals surface area contributed by atoms with Crippen molar-refractivity contribution in [2.24, 2.45) is 0 Å². The lowest BCUT2D eigenvalue weighted by Crippen LogP contribution is -2.42. The van der Waals surface area contributed by atoms with Gasteiger partial charge in [-0.2, -0.15) is 0 Å². The lowest BCUT2D eigenvalue weighted by atomic mass is 9.69. The normalized spacial score (nSPS) is 15.3. The lowest BCUT2D eigenvalue weighted by Gasteiger charge is -2.37. The van der Waals surface area contributed by atoms with E-state index in [0.717, 1.165) is 25.7 Å². The molecule has 3 aromatic rings. The fourth-order valence-corrected chi connectivity index (χ4v) is 6.64. The van der Waals surface area contributed by atoms with E-state index in [1.807, 2.05) is 0 Å². The van der Waals surface area contributed by atoms with Gasteiger partial charge in [-0.15, -0.1) is 22.7 Å². The van der Waals surface area contributed by atoms with Gasteiger partial charge in [0.05, 0.1) is 12.2 Å². The summed E-state index contributed by atoms with van der Waals surface area (Å²) in [7, 11) is 0. The first-order chi connectivity index (χ1) is 16.0. The topological polar surface area (TPSA) is 87.7 Å². The van der Waals surface area contributed by atoms with Crippen LogP contribution in [0, 0.1) is 0 Å². The first-order valence-electron chi connectivity index (χ1n) is 11.1. The van der Waals surface area contributed by atoms with Gasteiger partial charge in [-0.25, -0.2) is 4.79 Å². The van der Waals surface area contributed by atoms with Crippen molar-refractivity contribution in [1.82, 2.24) is 10.6 Å². The molecule has 0 bridgehead atoms. The minimum absolute atomic E-state index is 0.0726. The number of hydrogen-bond acceptors (Lipinski definition) is 5. The maximum Gasteiger partial charge on any atom is 0.404 e. The average molecular weight is 507 g/mol. The summed E-state index contributed by atoms with van der Waals surface area (Å²) in [4.78, 5) is 23.7. The third kappa shape index (κ3) is 5.45. The molecule has 4 rings (SSSR count). The predicted octanol–water partition coefficient (Wildman–Crippen LogP) is 6.28. The number of carbonyl (C=O) groups excluding carboxylic acids is 1. The molecule has 0 radical (unpaired) electrons. The standard InChI is InChI=1S/C24H27ClN2O4S2/c25-21-20(31-12-6-11-26-23(29)30)17(13-33-21)22(28)27-15-24(9-4-1-5-10-24)18-14-32-19-8-3-2-7-16(18)19/h2-3,7-8,13-14,26H,1,4-6,9-12,15H2,(H,27,28)(H,29,30). The van der Waals surface area contributed by atoms with Crippen molar-refractivity contribution in [3.8, 4) is 5.75 Å². The molecular weight excluding hydrogens is 480 g/mol. The van der Waals surface area contributed by atoms with Crippen LogP contribution >= 0.6 is 34.3 Å². The minimum atomic E-state index is -1.07. The number of fused-ring (bicyclic) bond motifs is 1. The molecule has 2 aromatic heterocycles. The minimum Gasteiger partial charge on any atom is -0.490 e. The lowest BCUT2D eigenvalue weighted by molar-refractivity contribution is 0.0933. The smallest absolute Gasteiger partial charge is 0.404 e. The number of rotatable bonds is 9. The van der Waals surface area contributed by atoms with E-state index < -0.39 is 6.09 Å². The van der Waals surface area contributed by atoms with E-state index in [9.17, 15) is 9.59 Å². The molecule has 9 heteroatoms. The zero-order chi connectivity index (χ0) is 23.3. The summed E-state index contributed by atoms with van der Waals surface area (Å²) in [5, 5.41) is 19.4. The van der Waals surface area contributed by atoms with E-state index in [2.05, 4.69) is 40.3 Å². The van der Waals surface area contributed by atoms with Crippen molar-refractivity contribution in [3.63, 3.8) is 0 Å². The third-order valence-electron chi connectivity index (χ3n) is 6.24. The average Bonchev–Trinajstić information content (AvgIpc) is 3.42. The number of hydrogen-bond donors (Lipinski definition) is 3. The zero-order valence-electron chi connectivity index (χ0n) is 18.2. The molecule has 1 aliphatic rings. The predicted molar refractivity (Wildman–Crippen MR) is 134 cm³/mol. The molecule has 1 aliphatic carbocycles. The van der Waals surface area contributed by atoms with Crippen LogP contribution in [0.2, 0.25) is 4.34 Å². The highest BCUT2D eigenvalue weighted by atomic mass is 35.5. The van der Waals surface area contributed by atoms with E-state index in [1.165, 1.54) is 33.4 Å². The fourth-order valence-electron chi connectivity index (χ4n) is 4.56. The van der Waals surface area contributed by atoms with E-state index in [4.69, 9.17) is 21.4 Å². The highest BCUT2D eigenvalue weighted by Gasteiger charge is 2.36. The van der Waals surface area contributed by atoms with Crippen LogP contribution in [-0.2, 0) is 5.41 Å². The second-order valence-corrected chi connectivity index (χ2v) is 10.7. The molecule has 1 saturated carbocycles. The van der Waals surface area contributed by atoms with Gasteiger partial charge < -0.3 is 20.5 Å². The first kappa shape index (κ1) is 23.9. The Labute approximate surface area is 205 Å². The Hall–Kier alpha value is -2.29. The SMILES string of the molecule is O=C(O)NCCCOc1c(C(=O)NCC2(c3csc4ccccc34)CCCCC2)csc1Cl. The molecule has 0 saturated heterocycles. The molecule has 3 N–H and O–H groups in total. The summed E-state index contributed by atoms with van der Waals surface area (Å²) >= 11 is 9.31. The van der Waals surface area contributed by atoms with Gasteiger partial charge in [0.1, 0.15) is 4.34 Å². The second-order valence-electron chi connectivity index (χ2n) is 8.36. The van der Waals surface area contributed by atoms with E-state index in [-0.39, 0.29) is 24.5 Å². The molecule has 0 spiro atoms. The highest BCUT2D eigenvalue weighted by Crippen LogP contribution is 2.44. The van der Waals surface area contributed by atoms with Gasteiger partial charge in [-0.3, -0.25) is 4.79 Å². The number of nitrogens with one attached hydrogen (secondary N) is 2. The Morgan fingerprint density at radius 2 is 1.88 bits per heavy atom. The van der Waals surface area contributed by atoms with Crippen LogP contribution in [0.25, 0.3) is 10.1 Å². The molecule has 6 nitrogen and oxygen atoms in total. The molecule has 33 heavy (non-hydrogen) atoms. The van der Waals surface area contributed by atoms with Crippen LogP contribution in [0.5, 0.6) is 5.75 Å². The maximum absolute atomic E-state index is 13.1. The molecule has 1 aromatic carbocycles. The van der Waals surface area contributed by atoms with Gasteiger partial charge in [-0.05, 0) is 41.7 Å². The molecule has 0 unspecified atom stereocenters. The van der Waals surface area contributed by atoms with Gasteiger partial charge >= 0.3 is 6.09 Å². The third-order valence-corrected chi connectivity index (χ3v) is 8.39. The molecule has 0 atom stereocenters. The highest BCUT2D eigenvalue weighted by molar-refractivity contribution is 7.17. The van der Waals surface area contributed by atoms with Crippen molar-refractivity contribution in [2.75, 3.05) is 19.7 Å². The van der Waals surface area contributed by atoms with Gasteiger partial charge in [0, 0.05) is 28.6 Å². The summed E-state index contributed by atoms with van der Waals surface area (Å²) in [5.41, 5.74) is 1.70. The van der Waals surface area contributed by atoms with Gasteiger partial charge in [0.2, 0.25) is 0 Å².